The lowest BCUT2D eigenvalue weighted by molar-refractivity contribution is 0.102. The minimum absolute atomic E-state index is 0.148. The van der Waals surface area contributed by atoms with Gasteiger partial charge in [-0.15, -0.1) is 0 Å². The number of methoxy groups -OCH3 is 1. The second-order valence-electron chi connectivity index (χ2n) is 7.62. The minimum atomic E-state index is -0.480. The van der Waals surface area contributed by atoms with Gasteiger partial charge in [-0.2, -0.15) is 0 Å². The predicted molar refractivity (Wildman–Crippen MR) is 123 cm³/mol. The molecule has 3 aromatic carbocycles. The number of ether oxygens (including phenoxy) is 2. The van der Waals surface area contributed by atoms with Crippen LogP contribution in [0.5, 0.6) is 5.75 Å². The fourth-order valence-electron chi connectivity index (χ4n) is 3.81. The SMILES string of the molecule is COc1cccc(COC(=O)NC2CCc3cc(C(=O)Nc4ccccc4N)ccc32)c1. The Morgan fingerprint density at radius 1 is 1.06 bits per heavy atom. The molecule has 4 rings (SSSR count). The van der Waals surface area contributed by atoms with E-state index in [4.69, 9.17) is 15.2 Å². The van der Waals surface area contributed by atoms with Crippen LogP contribution >= 0.6 is 0 Å². The third-order valence-corrected chi connectivity index (χ3v) is 5.49. The Kier molecular flexibility index (Phi) is 6.26. The van der Waals surface area contributed by atoms with Crippen LogP contribution in [0, 0.1) is 0 Å². The maximum Gasteiger partial charge on any atom is 0.407 e. The second kappa shape index (κ2) is 9.43. The molecule has 4 N–H and O–H groups in total. The lowest BCUT2D eigenvalue weighted by atomic mass is 10.0. The average Bonchev–Trinajstić information content (AvgIpc) is 3.21. The van der Waals surface area contributed by atoms with Gasteiger partial charge < -0.3 is 25.8 Å². The molecule has 1 atom stereocenters. The van der Waals surface area contributed by atoms with Crippen molar-refractivity contribution < 1.29 is 19.1 Å². The van der Waals surface area contributed by atoms with Gasteiger partial charge in [-0.05, 0) is 65.9 Å². The molecule has 0 aromatic heterocycles. The Bertz CT molecular complexity index is 1150. The lowest BCUT2D eigenvalue weighted by Gasteiger charge is -2.15. The first-order valence-corrected chi connectivity index (χ1v) is 10.4. The molecule has 0 saturated carbocycles. The van der Waals surface area contributed by atoms with E-state index in [2.05, 4.69) is 10.6 Å². The minimum Gasteiger partial charge on any atom is -0.497 e. The van der Waals surface area contributed by atoms with Gasteiger partial charge in [0, 0.05) is 5.56 Å². The number of hydrogen-bond acceptors (Lipinski definition) is 5. The van der Waals surface area contributed by atoms with Crippen LogP contribution in [0.25, 0.3) is 0 Å². The number of carbonyl (C=O) groups excluding carboxylic acids is 2. The Labute approximate surface area is 186 Å². The summed E-state index contributed by atoms with van der Waals surface area (Å²) in [6.45, 7) is 0.157. The number of hydrogen-bond donors (Lipinski definition) is 3. The van der Waals surface area contributed by atoms with Gasteiger partial charge in [-0.25, -0.2) is 4.79 Å². The predicted octanol–water partition coefficient (Wildman–Crippen LogP) is 4.44. The summed E-state index contributed by atoms with van der Waals surface area (Å²) in [5.41, 5.74) is 10.4. The quantitative estimate of drug-likeness (QED) is 0.501. The second-order valence-corrected chi connectivity index (χ2v) is 7.62. The molecule has 0 saturated heterocycles. The van der Waals surface area contributed by atoms with Gasteiger partial charge in [-0.3, -0.25) is 4.79 Å². The molecule has 32 heavy (non-hydrogen) atoms. The van der Waals surface area contributed by atoms with Gasteiger partial charge in [0.05, 0.1) is 24.5 Å². The largest absolute Gasteiger partial charge is 0.497 e. The maximum absolute atomic E-state index is 12.6. The van der Waals surface area contributed by atoms with E-state index in [0.717, 1.165) is 29.5 Å². The molecule has 7 nitrogen and oxygen atoms in total. The number of nitrogen functional groups attached to an aromatic ring is 1. The highest BCUT2D eigenvalue weighted by atomic mass is 16.5. The van der Waals surface area contributed by atoms with Crippen LogP contribution in [-0.4, -0.2) is 19.1 Å². The number of nitrogens with two attached hydrogens (primary N) is 1. The average molecular weight is 431 g/mol. The molecule has 1 aliphatic rings. The Balaban J connectivity index is 1.36. The van der Waals surface area contributed by atoms with E-state index >= 15 is 0 Å². The number of alkyl carbamates (subject to hydrolysis) is 1. The molecule has 1 aliphatic carbocycles. The number of carbonyl (C=O) groups is 2. The van der Waals surface area contributed by atoms with Crippen molar-refractivity contribution in [1.29, 1.82) is 0 Å². The number of amides is 2. The van der Waals surface area contributed by atoms with E-state index < -0.39 is 6.09 Å². The van der Waals surface area contributed by atoms with Gasteiger partial charge in [-0.1, -0.05) is 30.3 Å². The molecular weight excluding hydrogens is 406 g/mol. The number of anilines is 2. The van der Waals surface area contributed by atoms with Crippen molar-refractivity contribution in [3.63, 3.8) is 0 Å². The van der Waals surface area contributed by atoms with Crippen molar-refractivity contribution in [2.45, 2.75) is 25.5 Å². The van der Waals surface area contributed by atoms with E-state index in [0.29, 0.717) is 22.7 Å². The van der Waals surface area contributed by atoms with Crippen LogP contribution in [-0.2, 0) is 17.8 Å². The molecule has 164 valence electrons. The van der Waals surface area contributed by atoms with Crippen molar-refractivity contribution in [3.8, 4) is 5.75 Å². The van der Waals surface area contributed by atoms with Crippen molar-refractivity contribution in [2.75, 3.05) is 18.2 Å². The molecule has 2 amide bonds. The number of fused-ring (bicyclic) bond motifs is 1. The monoisotopic (exact) mass is 431 g/mol. The highest BCUT2D eigenvalue weighted by molar-refractivity contribution is 6.05. The molecule has 0 fully saturated rings. The topological polar surface area (TPSA) is 103 Å². The summed E-state index contributed by atoms with van der Waals surface area (Å²) < 4.78 is 10.5. The summed E-state index contributed by atoms with van der Waals surface area (Å²) in [6.07, 6.45) is 1.04. The fraction of sp³-hybridized carbons (Fsp3) is 0.200. The number of nitrogens with one attached hydrogen (secondary N) is 2. The number of aryl methyl sites for hydroxylation is 1. The highest BCUT2D eigenvalue weighted by Gasteiger charge is 2.25. The first kappa shape index (κ1) is 21.2. The van der Waals surface area contributed by atoms with Gasteiger partial charge in [0.2, 0.25) is 0 Å². The van der Waals surface area contributed by atoms with Gasteiger partial charge >= 0.3 is 6.09 Å². The third kappa shape index (κ3) is 4.83. The standard InChI is InChI=1S/C25H25N3O4/c1-31-19-6-4-5-16(13-19)15-32-25(30)28-22-12-10-17-14-18(9-11-20(17)22)24(29)27-23-8-3-2-7-21(23)26/h2-9,11,13-14,22H,10,12,15,26H2,1H3,(H,27,29)(H,28,30). The van der Waals surface area contributed by atoms with E-state index in [1.807, 2.05) is 48.5 Å². The third-order valence-electron chi connectivity index (χ3n) is 5.49. The van der Waals surface area contributed by atoms with E-state index in [1.165, 1.54) is 0 Å². The van der Waals surface area contributed by atoms with Crippen molar-refractivity contribution in [1.82, 2.24) is 5.32 Å². The van der Waals surface area contributed by atoms with Crippen LogP contribution in [0.2, 0.25) is 0 Å². The molecule has 0 radical (unpaired) electrons. The summed E-state index contributed by atoms with van der Waals surface area (Å²) in [5, 5.41) is 5.76. The zero-order chi connectivity index (χ0) is 22.5. The molecule has 0 aliphatic heterocycles. The normalized spacial score (nSPS) is 14.3. The summed E-state index contributed by atoms with van der Waals surface area (Å²) >= 11 is 0. The van der Waals surface area contributed by atoms with Crippen LogP contribution < -0.4 is 21.1 Å². The van der Waals surface area contributed by atoms with E-state index in [9.17, 15) is 9.59 Å². The number of benzene rings is 3. The summed E-state index contributed by atoms with van der Waals surface area (Å²) in [7, 11) is 1.59. The smallest absolute Gasteiger partial charge is 0.407 e. The van der Waals surface area contributed by atoms with Crippen molar-refractivity contribution in [2.24, 2.45) is 0 Å². The summed E-state index contributed by atoms with van der Waals surface area (Å²) in [4.78, 5) is 24.9. The van der Waals surface area contributed by atoms with Crippen LogP contribution in [0.4, 0.5) is 16.2 Å². The number of para-hydroxylation sites is 2. The zero-order valence-electron chi connectivity index (χ0n) is 17.8. The van der Waals surface area contributed by atoms with Gasteiger partial charge in [0.15, 0.2) is 0 Å². The first-order chi connectivity index (χ1) is 15.5. The highest BCUT2D eigenvalue weighted by Crippen LogP contribution is 2.32. The fourth-order valence-corrected chi connectivity index (χ4v) is 3.81. The maximum atomic E-state index is 12.6. The summed E-state index contributed by atoms with van der Waals surface area (Å²) in [6, 6.07) is 19.9. The van der Waals surface area contributed by atoms with E-state index in [1.54, 1.807) is 25.3 Å². The van der Waals surface area contributed by atoms with Gasteiger partial charge in [0.1, 0.15) is 12.4 Å². The molecule has 1 unspecified atom stereocenters. The molecular formula is C25H25N3O4. The summed E-state index contributed by atoms with van der Waals surface area (Å²) in [5.74, 6) is 0.492. The molecule has 7 heteroatoms. The van der Waals surface area contributed by atoms with Crippen molar-refractivity contribution >= 4 is 23.4 Å². The van der Waals surface area contributed by atoms with Gasteiger partial charge in [0.25, 0.3) is 5.91 Å². The zero-order valence-corrected chi connectivity index (χ0v) is 17.8. The molecule has 0 bridgehead atoms. The van der Waals surface area contributed by atoms with Crippen LogP contribution in [0.15, 0.2) is 66.7 Å². The molecule has 3 aromatic rings. The van der Waals surface area contributed by atoms with E-state index in [-0.39, 0.29) is 18.6 Å². The Morgan fingerprint density at radius 3 is 2.72 bits per heavy atom. The molecule has 0 spiro atoms. The Hall–Kier alpha value is -4.00. The molecule has 0 heterocycles. The Morgan fingerprint density at radius 2 is 1.91 bits per heavy atom. The van der Waals surface area contributed by atoms with Crippen molar-refractivity contribution in [3.05, 3.63) is 89.0 Å². The lowest BCUT2D eigenvalue weighted by Crippen LogP contribution is -2.27. The number of rotatable bonds is 6. The first-order valence-electron chi connectivity index (χ1n) is 10.4. The van der Waals surface area contributed by atoms with Crippen LogP contribution in [0.3, 0.4) is 0 Å². The van der Waals surface area contributed by atoms with Crippen LogP contribution in [0.1, 0.15) is 39.5 Å².